The lowest BCUT2D eigenvalue weighted by molar-refractivity contribution is -0.144. The van der Waals surface area contributed by atoms with Gasteiger partial charge in [-0.05, 0) is 12.3 Å². The van der Waals surface area contributed by atoms with Crippen LogP contribution in [0.15, 0.2) is 0 Å². The van der Waals surface area contributed by atoms with Crippen LogP contribution < -0.4 is 5.32 Å². The molecule has 0 aromatic heterocycles. The Hall–Kier alpha value is -1.06. The van der Waals surface area contributed by atoms with Gasteiger partial charge in [0.1, 0.15) is 0 Å². The number of methoxy groups -OCH3 is 1. The van der Waals surface area contributed by atoms with E-state index in [1.54, 1.807) is 6.92 Å². The van der Waals surface area contributed by atoms with Crippen molar-refractivity contribution in [2.24, 2.45) is 11.3 Å². The fourth-order valence-electron chi connectivity index (χ4n) is 0.998. The minimum absolute atomic E-state index is 0.0145. The Balaban J connectivity index is 4.21. The van der Waals surface area contributed by atoms with E-state index in [1.807, 2.05) is 6.92 Å². The van der Waals surface area contributed by atoms with Gasteiger partial charge in [0.05, 0.1) is 13.5 Å². The van der Waals surface area contributed by atoms with Gasteiger partial charge >= 0.3 is 5.97 Å². The lowest BCUT2D eigenvalue weighted by Gasteiger charge is -2.29. The summed E-state index contributed by atoms with van der Waals surface area (Å²) < 4.78 is 4.52. The number of hydrogen-bond acceptors (Lipinski definition) is 3. The van der Waals surface area contributed by atoms with Gasteiger partial charge in [0, 0.05) is 12.0 Å². The van der Waals surface area contributed by atoms with Crippen molar-refractivity contribution >= 4 is 11.9 Å². The molecular weight excluding hydrogens is 206 g/mol. The highest BCUT2D eigenvalue weighted by atomic mass is 16.5. The number of carbonyl (C=O) groups excluding carboxylic acids is 2. The number of hydrogen-bond donors (Lipinski definition) is 1. The molecule has 0 aliphatic heterocycles. The maximum absolute atomic E-state index is 11.7. The van der Waals surface area contributed by atoms with Crippen molar-refractivity contribution in [3.05, 3.63) is 0 Å². The van der Waals surface area contributed by atoms with Crippen molar-refractivity contribution in [3.8, 4) is 0 Å². The predicted molar refractivity (Wildman–Crippen MR) is 62.9 cm³/mol. The zero-order valence-electron chi connectivity index (χ0n) is 11.1. The molecule has 0 aliphatic carbocycles. The lowest BCUT2D eigenvalue weighted by Crippen LogP contribution is -2.44. The van der Waals surface area contributed by atoms with Gasteiger partial charge in [0.25, 0.3) is 0 Å². The van der Waals surface area contributed by atoms with E-state index >= 15 is 0 Å². The molecule has 1 N–H and O–H groups in total. The van der Waals surface area contributed by atoms with Crippen LogP contribution in [0.5, 0.6) is 0 Å². The maximum atomic E-state index is 11.7. The number of amides is 1. The molecule has 0 saturated carbocycles. The van der Waals surface area contributed by atoms with Gasteiger partial charge in [-0.1, -0.05) is 27.7 Å². The molecule has 4 heteroatoms. The van der Waals surface area contributed by atoms with Crippen molar-refractivity contribution in [2.75, 3.05) is 7.11 Å². The molecule has 0 aromatic carbocycles. The van der Waals surface area contributed by atoms with E-state index in [4.69, 9.17) is 0 Å². The van der Waals surface area contributed by atoms with Crippen molar-refractivity contribution in [1.29, 1.82) is 0 Å². The van der Waals surface area contributed by atoms with E-state index in [2.05, 4.69) is 30.8 Å². The predicted octanol–water partition coefficient (Wildman–Crippen LogP) is 1.74. The minimum Gasteiger partial charge on any atom is -0.469 e. The molecule has 0 aromatic rings. The van der Waals surface area contributed by atoms with Crippen LogP contribution in [-0.4, -0.2) is 25.0 Å². The molecule has 2 atom stereocenters. The van der Waals surface area contributed by atoms with Crippen LogP contribution in [0.3, 0.4) is 0 Å². The van der Waals surface area contributed by atoms with E-state index < -0.39 is 0 Å². The fourth-order valence-corrected chi connectivity index (χ4v) is 0.998. The topological polar surface area (TPSA) is 55.4 Å². The molecule has 0 radical (unpaired) electrons. The van der Waals surface area contributed by atoms with Crippen molar-refractivity contribution < 1.29 is 14.3 Å². The van der Waals surface area contributed by atoms with Crippen LogP contribution in [0.2, 0.25) is 0 Å². The lowest BCUT2D eigenvalue weighted by atomic mass is 9.87. The second kappa shape index (κ2) is 5.87. The Bertz CT molecular complexity index is 255. The summed E-state index contributed by atoms with van der Waals surface area (Å²) in [4.78, 5) is 22.7. The van der Waals surface area contributed by atoms with Crippen LogP contribution in [0.25, 0.3) is 0 Å². The molecule has 0 rings (SSSR count). The van der Waals surface area contributed by atoms with Crippen LogP contribution >= 0.6 is 0 Å². The first-order chi connectivity index (χ1) is 7.18. The van der Waals surface area contributed by atoms with Crippen LogP contribution in [-0.2, 0) is 14.3 Å². The highest BCUT2D eigenvalue weighted by Crippen LogP contribution is 2.19. The van der Waals surface area contributed by atoms with Gasteiger partial charge in [0.2, 0.25) is 5.91 Å². The second-order valence-electron chi connectivity index (χ2n) is 5.28. The van der Waals surface area contributed by atoms with E-state index in [1.165, 1.54) is 7.11 Å². The van der Waals surface area contributed by atoms with Gasteiger partial charge in [-0.3, -0.25) is 9.59 Å². The molecule has 0 unspecified atom stereocenters. The fraction of sp³-hybridized carbons (Fsp3) is 0.833. The third kappa shape index (κ3) is 5.14. The summed E-state index contributed by atoms with van der Waals surface area (Å²) in [5.74, 6) is -0.809. The summed E-state index contributed by atoms with van der Waals surface area (Å²) in [6, 6.07) is 0.0695. The van der Waals surface area contributed by atoms with Crippen LogP contribution in [0.4, 0.5) is 0 Å². The average molecular weight is 229 g/mol. The van der Waals surface area contributed by atoms with E-state index in [0.29, 0.717) is 0 Å². The Morgan fingerprint density at radius 2 is 1.75 bits per heavy atom. The monoisotopic (exact) mass is 229 g/mol. The summed E-state index contributed by atoms with van der Waals surface area (Å²) >= 11 is 0. The highest BCUT2D eigenvalue weighted by molar-refractivity contribution is 5.83. The van der Waals surface area contributed by atoms with Gasteiger partial charge in [0.15, 0.2) is 0 Å². The number of esters is 1. The molecule has 0 aliphatic rings. The quantitative estimate of drug-likeness (QED) is 0.747. The van der Waals surface area contributed by atoms with Crippen LogP contribution in [0, 0.1) is 11.3 Å². The molecule has 0 heterocycles. The van der Waals surface area contributed by atoms with Gasteiger partial charge < -0.3 is 10.1 Å². The molecule has 0 bridgehead atoms. The van der Waals surface area contributed by atoms with Crippen molar-refractivity contribution in [2.45, 2.75) is 47.1 Å². The second-order valence-corrected chi connectivity index (χ2v) is 5.28. The SMILES string of the molecule is COC(=O)C[C@H](C)C(=O)N[C@H](C)C(C)(C)C. The third-order valence-electron chi connectivity index (χ3n) is 2.81. The smallest absolute Gasteiger partial charge is 0.306 e. The number of rotatable bonds is 4. The normalized spacial score (nSPS) is 15.1. The summed E-state index contributed by atoms with van der Waals surface area (Å²) in [6.45, 7) is 9.86. The van der Waals surface area contributed by atoms with Crippen molar-refractivity contribution in [1.82, 2.24) is 5.32 Å². The first-order valence-electron chi connectivity index (χ1n) is 5.55. The van der Waals surface area contributed by atoms with Crippen molar-refractivity contribution in [3.63, 3.8) is 0 Å². The van der Waals surface area contributed by atoms with E-state index in [0.717, 1.165) is 0 Å². The van der Waals surface area contributed by atoms with Gasteiger partial charge in [-0.25, -0.2) is 0 Å². The molecule has 1 amide bonds. The first-order valence-corrected chi connectivity index (χ1v) is 5.55. The average Bonchev–Trinajstić information content (AvgIpc) is 2.15. The van der Waals surface area contributed by atoms with E-state index in [-0.39, 0.29) is 35.7 Å². The zero-order valence-corrected chi connectivity index (χ0v) is 11.1. The summed E-state index contributed by atoms with van der Waals surface area (Å²) in [6.07, 6.45) is 0.124. The Labute approximate surface area is 97.7 Å². The summed E-state index contributed by atoms with van der Waals surface area (Å²) in [7, 11) is 1.32. The van der Waals surface area contributed by atoms with Gasteiger partial charge in [-0.15, -0.1) is 0 Å². The zero-order chi connectivity index (χ0) is 12.9. The number of ether oxygens (including phenoxy) is 1. The standard InChI is InChI=1S/C12H23NO3/c1-8(7-10(14)16-6)11(15)13-9(2)12(3,4)5/h8-9H,7H2,1-6H3,(H,13,15)/t8-,9+/m0/s1. The molecular formula is C12H23NO3. The third-order valence-corrected chi connectivity index (χ3v) is 2.81. The maximum Gasteiger partial charge on any atom is 0.306 e. The number of nitrogens with one attached hydrogen (secondary N) is 1. The number of carbonyl (C=O) groups is 2. The first kappa shape index (κ1) is 14.9. The molecule has 94 valence electrons. The Morgan fingerprint density at radius 3 is 2.12 bits per heavy atom. The van der Waals surface area contributed by atoms with E-state index in [9.17, 15) is 9.59 Å². The van der Waals surface area contributed by atoms with Crippen LogP contribution in [0.1, 0.15) is 41.0 Å². The molecule has 0 saturated heterocycles. The molecule has 0 spiro atoms. The largest absolute Gasteiger partial charge is 0.469 e. The highest BCUT2D eigenvalue weighted by Gasteiger charge is 2.24. The molecule has 4 nitrogen and oxygen atoms in total. The summed E-state index contributed by atoms with van der Waals surface area (Å²) in [5.41, 5.74) is 0.0145. The molecule has 0 fully saturated rings. The summed E-state index contributed by atoms with van der Waals surface area (Å²) in [5, 5.41) is 2.90. The van der Waals surface area contributed by atoms with Gasteiger partial charge in [-0.2, -0.15) is 0 Å². The molecule has 16 heavy (non-hydrogen) atoms. The Kier molecular flexibility index (Phi) is 5.48. The minimum atomic E-state index is -0.355. The Morgan fingerprint density at radius 1 is 1.25 bits per heavy atom.